The maximum Gasteiger partial charge on any atom is 0.0725 e. The number of rotatable bonds is 9. The molecule has 0 saturated carbocycles. The molecule has 0 amide bonds. The highest BCUT2D eigenvalue weighted by Crippen LogP contribution is 2.63. The number of aromatic nitrogens is 3. The molecule has 20 aromatic carbocycles. The Bertz CT molecular complexity index is 8860. The Labute approximate surface area is 779 Å². The van der Waals surface area contributed by atoms with Gasteiger partial charge in [-0.25, -0.2) is 0 Å². The molecule has 0 aliphatic heterocycles. The van der Waals surface area contributed by atoms with Crippen molar-refractivity contribution in [2.24, 2.45) is 0 Å². The Morgan fingerprint density at radius 2 is 0.450 bits per heavy atom. The zero-order valence-electron chi connectivity index (χ0n) is 69.5. The van der Waals surface area contributed by atoms with Crippen molar-refractivity contribution in [3.8, 4) is 106 Å². The fourth-order valence-electron chi connectivity index (χ4n) is 20.9. The highest BCUT2D eigenvalue weighted by atomic mass is 79.9. The van der Waals surface area contributed by atoms with Gasteiger partial charge in [0.05, 0.1) is 38.5 Å². The van der Waals surface area contributed by atoms with Crippen LogP contribution < -0.4 is 0 Å². The SMILES string of the molecule is Brc1ccccc1-c1cccc(-c2ccc3c4ccccc4n(-c4ccc5c(c4)-c4ccccc4C54c5ccccc5-c5ccccc54)c3c2)c1.Brc1ccccc1-c1cccc(-c2ccc3c4ccccc4n(-c4ccc5c(c4)sc4ccccc45)c3c2)c1.Brc1ccccc1-c1cccc(-c2ccc3c4ccccc4n(-c4ccc5sc6ccccc6c5c4)c3c2)c1. The highest BCUT2D eigenvalue weighted by Gasteiger charge is 2.51. The number of hydrogen-bond donors (Lipinski definition) is 0. The van der Waals surface area contributed by atoms with Crippen LogP contribution in [-0.4, -0.2) is 13.7 Å². The molecule has 2 aliphatic rings. The molecule has 0 fully saturated rings. The Kier molecular flexibility index (Phi) is 18.7. The summed E-state index contributed by atoms with van der Waals surface area (Å²) in [5.74, 6) is 0. The quantitative estimate of drug-likeness (QED) is 0.137. The second-order valence-corrected chi connectivity index (χ2v) is 38.3. The third-order valence-electron chi connectivity index (χ3n) is 26.6. The van der Waals surface area contributed by atoms with Crippen molar-refractivity contribution >= 4 is 176 Å². The lowest BCUT2D eigenvalue weighted by Crippen LogP contribution is -2.25. The number of thiophene rings is 2. The molecule has 0 atom stereocenters. The van der Waals surface area contributed by atoms with Gasteiger partial charge in [0.1, 0.15) is 0 Å². The summed E-state index contributed by atoms with van der Waals surface area (Å²) in [7, 11) is 0. The lowest BCUT2D eigenvalue weighted by molar-refractivity contribution is 0.793. The molecule has 0 unspecified atom stereocenters. The first kappa shape index (κ1) is 77.1. The van der Waals surface area contributed by atoms with Crippen LogP contribution in [-0.2, 0) is 5.41 Å². The van der Waals surface area contributed by atoms with E-state index in [0.717, 1.165) is 13.4 Å². The molecule has 0 radical (unpaired) electrons. The van der Waals surface area contributed by atoms with Gasteiger partial charge < -0.3 is 13.7 Å². The number of para-hydroxylation sites is 3. The van der Waals surface area contributed by atoms with Crippen molar-refractivity contribution in [3.63, 3.8) is 0 Å². The van der Waals surface area contributed by atoms with Crippen molar-refractivity contribution in [1.29, 1.82) is 0 Å². The molecule has 0 saturated heterocycles. The first-order chi connectivity index (χ1) is 63.7. The smallest absolute Gasteiger partial charge is 0.0725 e. The minimum absolute atomic E-state index is 0.343. The summed E-state index contributed by atoms with van der Waals surface area (Å²) >= 11 is 14.9. The van der Waals surface area contributed by atoms with Crippen LogP contribution in [0.5, 0.6) is 0 Å². The molecule has 0 bridgehead atoms. The van der Waals surface area contributed by atoms with E-state index in [1.807, 2.05) is 22.7 Å². The summed E-state index contributed by atoms with van der Waals surface area (Å²) in [4.78, 5) is 0. The molecular weight excluding hydrogens is 1800 g/mol. The normalized spacial score (nSPS) is 12.4. The standard InChI is InChI=1S/C49H30BrN.2C36H22BrNS/c50-46-22-9-4-14-35(46)33-13-11-12-31(28-33)32-24-26-40-39-18-5-10-23-47(39)51(48(40)29-32)34-25-27-45-41(30-34)38-17-3-8-21-44(38)49(45)42-19-6-1-15-36(42)37-16-2-7-20-43(37)49;37-32-13-4-1-10-27(32)25-9-7-8-23(20-25)24-16-18-29-28-11-2-5-14-33(28)38(34(29)21-24)26-17-19-36-31(22-26)30-12-3-6-15-35(30)39-36;37-32-13-4-1-10-27(32)25-9-7-8-23(20-25)24-16-18-29-28-11-2-5-14-33(28)38(34(29)21-24)26-17-19-31-30-12-3-6-15-35(30)39-36(31)22-26/h1-30H;2*1-22H. The molecule has 1 spiro atoms. The molecule has 8 heteroatoms. The summed E-state index contributed by atoms with van der Waals surface area (Å²) < 4.78 is 15.9. The van der Waals surface area contributed by atoms with Crippen LogP contribution in [0.4, 0.5) is 0 Å². The van der Waals surface area contributed by atoms with Gasteiger partial charge >= 0.3 is 0 Å². The van der Waals surface area contributed by atoms with Crippen molar-refractivity contribution in [1.82, 2.24) is 13.7 Å². The average molecular weight is 1870 g/mol. The van der Waals surface area contributed by atoms with Crippen LogP contribution in [0, 0.1) is 0 Å². The third kappa shape index (κ3) is 12.7. The Morgan fingerprint density at radius 1 is 0.163 bits per heavy atom. The van der Waals surface area contributed by atoms with Crippen molar-refractivity contribution < 1.29 is 0 Å². The van der Waals surface area contributed by atoms with Crippen LogP contribution in [0.25, 0.3) is 212 Å². The van der Waals surface area contributed by atoms with E-state index in [-0.39, 0.29) is 5.41 Å². The second kappa shape index (κ2) is 31.3. The molecular formula is C121H74Br3N3S2. The topological polar surface area (TPSA) is 14.8 Å². The monoisotopic (exact) mass is 1870 g/mol. The maximum absolute atomic E-state index is 3.77. The number of fused-ring (bicyclic) bond motifs is 25. The molecule has 2 aliphatic carbocycles. The van der Waals surface area contributed by atoms with Crippen LogP contribution in [0.1, 0.15) is 22.3 Å². The van der Waals surface area contributed by atoms with E-state index in [2.05, 4.69) is 510 Å². The van der Waals surface area contributed by atoms with Gasteiger partial charge in [0.25, 0.3) is 0 Å². The molecule has 25 aromatic rings. The highest BCUT2D eigenvalue weighted by molar-refractivity contribution is 9.11. The molecule has 27 rings (SSSR count). The molecule has 3 nitrogen and oxygen atoms in total. The molecule has 606 valence electrons. The van der Waals surface area contributed by atoms with Gasteiger partial charge in [0.15, 0.2) is 0 Å². The number of nitrogens with zero attached hydrogens (tertiary/aromatic N) is 3. The Morgan fingerprint density at radius 3 is 0.891 bits per heavy atom. The van der Waals surface area contributed by atoms with E-state index < -0.39 is 0 Å². The summed E-state index contributed by atoms with van der Waals surface area (Å²) in [5.41, 5.74) is 35.7. The van der Waals surface area contributed by atoms with E-state index >= 15 is 0 Å². The molecule has 5 heterocycles. The number of halogens is 3. The summed E-state index contributed by atoms with van der Waals surface area (Å²) in [6, 6.07) is 164. The average Bonchev–Trinajstić information content (AvgIpc) is 1.51. The van der Waals surface area contributed by atoms with Gasteiger partial charge in [-0.05, 0) is 239 Å². The van der Waals surface area contributed by atoms with Crippen LogP contribution in [0.3, 0.4) is 0 Å². The van der Waals surface area contributed by atoms with E-state index in [1.54, 1.807) is 0 Å². The van der Waals surface area contributed by atoms with Gasteiger partial charge in [-0.1, -0.05) is 369 Å². The number of benzene rings is 20. The first-order valence-electron chi connectivity index (χ1n) is 43.6. The third-order valence-corrected chi connectivity index (χ3v) is 31.0. The predicted molar refractivity (Wildman–Crippen MR) is 560 cm³/mol. The van der Waals surface area contributed by atoms with Crippen molar-refractivity contribution in [2.75, 3.05) is 0 Å². The van der Waals surface area contributed by atoms with Crippen molar-refractivity contribution in [2.45, 2.75) is 5.41 Å². The van der Waals surface area contributed by atoms with Gasteiger partial charge in [0, 0.05) is 103 Å². The Balaban J connectivity index is 0.000000106. The van der Waals surface area contributed by atoms with Gasteiger partial charge in [-0.2, -0.15) is 0 Å². The fourth-order valence-corrected chi connectivity index (χ4v) is 24.7. The van der Waals surface area contributed by atoms with Crippen LogP contribution in [0.15, 0.2) is 462 Å². The van der Waals surface area contributed by atoms with Crippen LogP contribution in [0.2, 0.25) is 0 Å². The zero-order valence-corrected chi connectivity index (χ0v) is 75.9. The van der Waals surface area contributed by atoms with E-state index in [9.17, 15) is 0 Å². The maximum atomic E-state index is 3.77. The lowest BCUT2D eigenvalue weighted by atomic mass is 9.70. The van der Waals surface area contributed by atoms with Gasteiger partial charge in [0.2, 0.25) is 0 Å². The second-order valence-electron chi connectivity index (χ2n) is 33.6. The summed E-state index contributed by atoms with van der Waals surface area (Å²) in [6.07, 6.45) is 0. The first-order valence-corrected chi connectivity index (χ1v) is 47.7. The van der Waals surface area contributed by atoms with Gasteiger partial charge in [-0.15, -0.1) is 22.7 Å². The minimum atomic E-state index is -0.343. The van der Waals surface area contributed by atoms with E-state index in [0.29, 0.717) is 0 Å². The summed E-state index contributed by atoms with van der Waals surface area (Å²) in [6.45, 7) is 0. The predicted octanol–water partition coefficient (Wildman–Crippen LogP) is 35.7. The lowest BCUT2D eigenvalue weighted by Gasteiger charge is -2.30. The van der Waals surface area contributed by atoms with Gasteiger partial charge in [-0.3, -0.25) is 0 Å². The number of hydrogen-bond acceptors (Lipinski definition) is 2. The van der Waals surface area contributed by atoms with Crippen LogP contribution >= 0.6 is 70.5 Å². The zero-order chi connectivity index (χ0) is 85.5. The fraction of sp³-hybridized carbons (Fsp3) is 0.00826. The van der Waals surface area contributed by atoms with E-state index in [1.165, 1.54) is 234 Å². The Hall–Kier alpha value is -14.3. The molecule has 129 heavy (non-hydrogen) atoms. The van der Waals surface area contributed by atoms with E-state index in [4.69, 9.17) is 0 Å². The molecule has 5 aromatic heterocycles. The summed E-state index contributed by atoms with van der Waals surface area (Å²) in [5, 5.41) is 12.9. The minimum Gasteiger partial charge on any atom is -0.309 e. The van der Waals surface area contributed by atoms with Crippen molar-refractivity contribution in [3.05, 3.63) is 485 Å². The largest absolute Gasteiger partial charge is 0.309 e. The molecule has 0 N–H and O–H groups in total.